The molecule has 5 heteroatoms. The molecule has 1 heterocycles. The first-order valence-electron chi connectivity index (χ1n) is 6.26. The second-order valence-electron chi connectivity index (χ2n) is 4.89. The zero-order chi connectivity index (χ0) is 13.1. The highest BCUT2D eigenvalue weighted by Gasteiger charge is 2.24. The number of nitrogens with zero attached hydrogens (tertiary/aromatic N) is 2. The Morgan fingerprint density at radius 2 is 2.33 bits per heavy atom. The van der Waals surface area contributed by atoms with Crippen molar-refractivity contribution in [2.24, 2.45) is 5.92 Å². The van der Waals surface area contributed by atoms with Crippen LogP contribution in [0.1, 0.15) is 12.0 Å². The van der Waals surface area contributed by atoms with Crippen LogP contribution in [0.25, 0.3) is 0 Å². The zero-order valence-electron chi connectivity index (χ0n) is 10.8. The average molecular weight is 249 g/mol. The summed E-state index contributed by atoms with van der Waals surface area (Å²) in [5.74, 6) is 0.633. The molecule has 5 nitrogen and oxygen atoms in total. The molecule has 0 amide bonds. The number of anilines is 1. The lowest BCUT2D eigenvalue weighted by Gasteiger charge is -2.20. The van der Waals surface area contributed by atoms with Crippen LogP contribution in [0.4, 0.5) is 11.4 Å². The molecule has 1 aromatic carbocycles. The molecule has 1 atom stereocenters. The molecule has 2 rings (SSSR count). The van der Waals surface area contributed by atoms with E-state index in [0.29, 0.717) is 5.92 Å². The summed E-state index contributed by atoms with van der Waals surface area (Å²) >= 11 is 0. The standard InChI is InChI=1S/C13H19N3O2/c1-10-3-4-12(16(17)18)7-13(10)15-6-5-11(9-15)8-14-2/h3-4,7,11,14H,5-6,8-9H2,1-2H3. The monoisotopic (exact) mass is 249 g/mol. The lowest BCUT2D eigenvalue weighted by Crippen LogP contribution is -2.24. The summed E-state index contributed by atoms with van der Waals surface area (Å²) in [6, 6.07) is 5.09. The maximum absolute atomic E-state index is 10.8. The van der Waals surface area contributed by atoms with E-state index >= 15 is 0 Å². The molecule has 1 aliphatic rings. The van der Waals surface area contributed by atoms with E-state index in [9.17, 15) is 10.1 Å². The molecule has 1 unspecified atom stereocenters. The number of non-ortho nitro benzene ring substituents is 1. The van der Waals surface area contributed by atoms with Crippen molar-refractivity contribution in [1.82, 2.24) is 5.32 Å². The van der Waals surface area contributed by atoms with Crippen molar-refractivity contribution in [3.63, 3.8) is 0 Å². The third-order valence-electron chi connectivity index (χ3n) is 3.52. The Labute approximate surface area is 107 Å². The quantitative estimate of drug-likeness (QED) is 0.654. The second-order valence-corrected chi connectivity index (χ2v) is 4.89. The van der Waals surface area contributed by atoms with E-state index in [4.69, 9.17) is 0 Å². The van der Waals surface area contributed by atoms with Gasteiger partial charge in [0, 0.05) is 30.9 Å². The summed E-state index contributed by atoms with van der Waals surface area (Å²) < 4.78 is 0. The highest BCUT2D eigenvalue weighted by molar-refractivity contribution is 5.59. The van der Waals surface area contributed by atoms with Crippen LogP contribution in [0, 0.1) is 23.0 Å². The van der Waals surface area contributed by atoms with E-state index in [0.717, 1.165) is 37.3 Å². The normalized spacial score (nSPS) is 19.2. The van der Waals surface area contributed by atoms with E-state index in [1.54, 1.807) is 12.1 Å². The van der Waals surface area contributed by atoms with Gasteiger partial charge in [0.2, 0.25) is 0 Å². The van der Waals surface area contributed by atoms with Crippen LogP contribution in [0.5, 0.6) is 0 Å². The number of nitrogens with one attached hydrogen (secondary N) is 1. The van der Waals surface area contributed by atoms with Crippen LogP contribution in [-0.4, -0.2) is 31.6 Å². The van der Waals surface area contributed by atoms with Crippen molar-refractivity contribution < 1.29 is 4.92 Å². The van der Waals surface area contributed by atoms with Gasteiger partial charge in [0.15, 0.2) is 0 Å². The molecule has 0 radical (unpaired) electrons. The Kier molecular flexibility index (Phi) is 3.81. The number of nitro groups is 1. The first kappa shape index (κ1) is 12.8. The first-order valence-corrected chi connectivity index (χ1v) is 6.26. The Morgan fingerprint density at radius 1 is 1.56 bits per heavy atom. The molecule has 1 N–H and O–H groups in total. The number of nitro benzene ring substituents is 1. The van der Waals surface area contributed by atoms with E-state index in [1.807, 2.05) is 20.0 Å². The molecule has 1 aromatic rings. The van der Waals surface area contributed by atoms with Gasteiger partial charge in [0.05, 0.1) is 4.92 Å². The van der Waals surface area contributed by atoms with E-state index < -0.39 is 0 Å². The van der Waals surface area contributed by atoms with Gasteiger partial charge in [-0.15, -0.1) is 0 Å². The van der Waals surface area contributed by atoms with Crippen molar-refractivity contribution in [1.29, 1.82) is 0 Å². The predicted molar refractivity (Wildman–Crippen MR) is 72.1 cm³/mol. The number of benzene rings is 1. The molecular weight excluding hydrogens is 230 g/mol. The van der Waals surface area contributed by atoms with Gasteiger partial charge in [-0.2, -0.15) is 0 Å². The van der Waals surface area contributed by atoms with Gasteiger partial charge >= 0.3 is 0 Å². The van der Waals surface area contributed by atoms with Crippen LogP contribution in [0.15, 0.2) is 18.2 Å². The Hall–Kier alpha value is -1.62. The topological polar surface area (TPSA) is 58.4 Å². The van der Waals surface area contributed by atoms with Gasteiger partial charge in [-0.1, -0.05) is 6.07 Å². The number of hydrogen-bond acceptors (Lipinski definition) is 4. The summed E-state index contributed by atoms with van der Waals surface area (Å²) in [6.45, 7) is 4.96. The molecule has 0 saturated carbocycles. The minimum absolute atomic E-state index is 0.174. The van der Waals surface area contributed by atoms with Gasteiger partial charge < -0.3 is 10.2 Å². The molecule has 0 aromatic heterocycles. The molecule has 18 heavy (non-hydrogen) atoms. The van der Waals surface area contributed by atoms with Crippen molar-refractivity contribution >= 4 is 11.4 Å². The molecular formula is C13H19N3O2. The fourth-order valence-corrected chi connectivity index (χ4v) is 2.56. The summed E-state index contributed by atoms with van der Waals surface area (Å²) in [5.41, 5.74) is 2.28. The number of rotatable bonds is 4. The lowest BCUT2D eigenvalue weighted by molar-refractivity contribution is -0.384. The molecule has 1 aliphatic heterocycles. The number of hydrogen-bond donors (Lipinski definition) is 1. The fraction of sp³-hybridized carbons (Fsp3) is 0.538. The number of aryl methyl sites for hydroxylation is 1. The molecule has 98 valence electrons. The molecule has 1 saturated heterocycles. The Balaban J connectivity index is 2.18. The maximum Gasteiger partial charge on any atom is 0.271 e. The summed E-state index contributed by atoms with van der Waals surface area (Å²) in [4.78, 5) is 12.7. The van der Waals surface area contributed by atoms with Gasteiger partial charge in [-0.3, -0.25) is 10.1 Å². The Bertz CT molecular complexity index is 448. The highest BCUT2D eigenvalue weighted by Crippen LogP contribution is 2.29. The second kappa shape index (κ2) is 5.35. The van der Waals surface area contributed by atoms with Crippen molar-refractivity contribution in [2.45, 2.75) is 13.3 Å². The Morgan fingerprint density at radius 3 is 3.00 bits per heavy atom. The summed E-state index contributed by atoms with van der Waals surface area (Å²) in [5, 5.41) is 14.0. The van der Waals surface area contributed by atoms with Crippen LogP contribution in [0.2, 0.25) is 0 Å². The molecule has 0 bridgehead atoms. The third-order valence-corrected chi connectivity index (χ3v) is 3.52. The fourth-order valence-electron chi connectivity index (χ4n) is 2.56. The van der Waals surface area contributed by atoms with Gasteiger partial charge in [0.25, 0.3) is 5.69 Å². The van der Waals surface area contributed by atoms with Crippen LogP contribution >= 0.6 is 0 Å². The van der Waals surface area contributed by atoms with E-state index in [2.05, 4.69) is 10.2 Å². The minimum atomic E-state index is -0.329. The smallest absolute Gasteiger partial charge is 0.271 e. The third kappa shape index (κ3) is 2.61. The lowest BCUT2D eigenvalue weighted by atomic mass is 10.1. The van der Waals surface area contributed by atoms with Crippen LogP contribution in [0.3, 0.4) is 0 Å². The van der Waals surface area contributed by atoms with Crippen molar-refractivity contribution in [3.8, 4) is 0 Å². The molecule has 0 aliphatic carbocycles. The zero-order valence-corrected chi connectivity index (χ0v) is 10.8. The predicted octanol–water partition coefficient (Wildman–Crippen LogP) is 1.95. The SMILES string of the molecule is CNCC1CCN(c2cc([N+](=O)[O-])ccc2C)C1. The van der Waals surface area contributed by atoms with Crippen LogP contribution in [-0.2, 0) is 0 Å². The van der Waals surface area contributed by atoms with Gasteiger partial charge in [-0.25, -0.2) is 0 Å². The van der Waals surface area contributed by atoms with E-state index in [-0.39, 0.29) is 10.6 Å². The van der Waals surface area contributed by atoms with Gasteiger partial charge in [0.1, 0.15) is 0 Å². The summed E-state index contributed by atoms with van der Waals surface area (Å²) in [7, 11) is 1.96. The average Bonchev–Trinajstić information content (AvgIpc) is 2.78. The van der Waals surface area contributed by atoms with Crippen molar-refractivity contribution in [2.75, 3.05) is 31.6 Å². The minimum Gasteiger partial charge on any atom is -0.371 e. The maximum atomic E-state index is 10.8. The van der Waals surface area contributed by atoms with Crippen molar-refractivity contribution in [3.05, 3.63) is 33.9 Å². The van der Waals surface area contributed by atoms with E-state index in [1.165, 1.54) is 0 Å². The van der Waals surface area contributed by atoms with Gasteiger partial charge in [-0.05, 0) is 38.4 Å². The highest BCUT2D eigenvalue weighted by atomic mass is 16.6. The molecule has 1 fully saturated rings. The largest absolute Gasteiger partial charge is 0.371 e. The van der Waals surface area contributed by atoms with Crippen LogP contribution < -0.4 is 10.2 Å². The summed E-state index contributed by atoms with van der Waals surface area (Å²) in [6.07, 6.45) is 1.14. The molecule has 0 spiro atoms. The first-order chi connectivity index (χ1) is 8.61.